The summed E-state index contributed by atoms with van der Waals surface area (Å²) >= 11 is 0. The van der Waals surface area contributed by atoms with E-state index in [1.807, 2.05) is 0 Å². The van der Waals surface area contributed by atoms with E-state index < -0.39 is 30.3 Å². The molecule has 0 unspecified atom stereocenters. The Morgan fingerprint density at radius 2 is 1.06 bits per heavy atom. The van der Waals surface area contributed by atoms with Crippen LogP contribution in [0.3, 0.4) is 0 Å². The number of hydrogen-bond acceptors (Lipinski definition) is 6. The van der Waals surface area contributed by atoms with Gasteiger partial charge in [0.15, 0.2) is 0 Å². The van der Waals surface area contributed by atoms with Crippen molar-refractivity contribution >= 4 is 23.9 Å². The molecule has 10 nitrogen and oxygen atoms in total. The molecule has 3 rings (SSSR count). The van der Waals surface area contributed by atoms with Gasteiger partial charge < -0.3 is 31.9 Å². The van der Waals surface area contributed by atoms with Gasteiger partial charge in [-0.1, -0.05) is 6.07 Å². The van der Waals surface area contributed by atoms with Crippen LogP contribution in [0.2, 0.25) is 0 Å². The second-order valence-corrected chi connectivity index (χ2v) is 7.69. The number of aliphatic carboxylic acids is 1. The molecule has 0 fully saturated rings. The average Bonchev–Trinajstić information content (AvgIpc) is 2.82. The standard InChI is InChI=1S/C25H22N2O8/c26-10-14-2-1-12(23(30)31)5-18(14)19-8-16(11-27)20(7-15(19)9-22(28)29)21-6-13(24(32)33)3-4-17(21)25(34)35/h1-8H,9-11,26-27H2,(H,28,29)(H,30,31)(H,32,33)(H,34,35). The lowest BCUT2D eigenvalue weighted by Gasteiger charge is -2.19. The maximum Gasteiger partial charge on any atom is 0.336 e. The van der Waals surface area contributed by atoms with Crippen LogP contribution in [0.15, 0.2) is 48.5 Å². The van der Waals surface area contributed by atoms with Gasteiger partial charge in [-0.05, 0) is 81.4 Å². The zero-order chi connectivity index (χ0) is 25.9. The molecule has 0 aromatic heterocycles. The minimum absolute atomic E-state index is 0.0285. The molecule has 0 bridgehead atoms. The molecular formula is C25H22N2O8. The van der Waals surface area contributed by atoms with E-state index in [1.54, 1.807) is 6.07 Å². The number of aromatic carboxylic acids is 3. The fourth-order valence-corrected chi connectivity index (χ4v) is 3.89. The molecule has 0 heterocycles. The summed E-state index contributed by atoms with van der Waals surface area (Å²) in [6.45, 7) is -0.0477. The normalized spacial score (nSPS) is 10.7. The Balaban J connectivity index is 2.40. The van der Waals surface area contributed by atoms with Gasteiger partial charge in [0.1, 0.15) is 0 Å². The number of carboxylic acid groups (broad SMARTS) is 4. The second-order valence-electron chi connectivity index (χ2n) is 7.69. The molecule has 0 atom stereocenters. The highest BCUT2D eigenvalue weighted by atomic mass is 16.4. The van der Waals surface area contributed by atoms with E-state index >= 15 is 0 Å². The van der Waals surface area contributed by atoms with Crippen LogP contribution in [0.4, 0.5) is 0 Å². The lowest BCUT2D eigenvalue weighted by atomic mass is 9.85. The van der Waals surface area contributed by atoms with E-state index in [-0.39, 0.29) is 46.5 Å². The number of carboxylic acids is 4. The van der Waals surface area contributed by atoms with Crippen LogP contribution in [-0.2, 0) is 24.3 Å². The molecule has 3 aromatic carbocycles. The van der Waals surface area contributed by atoms with E-state index in [2.05, 4.69) is 0 Å². The predicted molar refractivity (Wildman–Crippen MR) is 125 cm³/mol. The van der Waals surface area contributed by atoms with Crippen molar-refractivity contribution in [1.82, 2.24) is 0 Å². The molecule has 0 saturated heterocycles. The van der Waals surface area contributed by atoms with Crippen molar-refractivity contribution in [3.63, 3.8) is 0 Å². The molecule has 10 heteroatoms. The van der Waals surface area contributed by atoms with Crippen LogP contribution in [0.5, 0.6) is 0 Å². The average molecular weight is 478 g/mol. The van der Waals surface area contributed by atoms with Crippen LogP contribution in [-0.4, -0.2) is 44.3 Å². The maximum absolute atomic E-state index is 11.9. The zero-order valence-corrected chi connectivity index (χ0v) is 18.3. The smallest absolute Gasteiger partial charge is 0.336 e. The molecule has 0 amide bonds. The van der Waals surface area contributed by atoms with E-state index in [9.17, 15) is 39.6 Å². The summed E-state index contributed by atoms with van der Waals surface area (Å²) < 4.78 is 0. The summed E-state index contributed by atoms with van der Waals surface area (Å²) in [5.74, 6) is -4.93. The van der Waals surface area contributed by atoms with Gasteiger partial charge in [-0.3, -0.25) is 4.79 Å². The van der Waals surface area contributed by atoms with Crippen molar-refractivity contribution in [2.75, 3.05) is 0 Å². The maximum atomic E-state index is 11.9. The monoisotopic (exact) mass is 478 g/mol. The molecule has 8 N–H and O–H groups in total. The number of rotatable bonds is 9. The zero-order valence-electron chi connectivity index (χ0n) is 18.3. The van der Waals surface area contributed by atoms with Crippen LogP contribution in [0.25, 0.3) is 22.3 Å². The summed E-state index contributed by atoms with van der Waals surface area (Å²) in [4.78, 5) is 46.6. The van der Waals surface area contributed by atoms with Gasteiger partial charge in [-0.25, -0.2) is 14.4 Å². The minimum atomic E-state index is -1.30. The third-order valence-corrected chi connectivity index (χ3v) is 5.54. The Labute approximate surface area is 199 Å². The van der Waals surface area contributed by atoms with Crippen molar-refractivity contribution in [3.8, 4) is 22.3 Å². The molecule has 0 radical (unpaired) electrons. The molecule has 3 aromatic rings. The number of carbonyl (C=O) groups is 4. The first-order valence-electron chi connectivity index (χ1n) is 10.3. The Kier molecular flexibility index (Phi) is 7.28. The summed E-state index contributed by atoms with van der Waals surface area (Å²) in [6.07, 6.45) is -0.477. The largest absolute Gasteiger partial charge is 0.481 e. The molecule has 0 aliphatic rings. The lowest BCUT2D eigenvalue weighted by molar-refractivity contribution is -0.136. The number of hydrogen-bond donors (Lipinski definition) is 6. The first kappa shape index (κ1) is 25.1. The minimum Gasteiger partial charge on any atom is -0.481 e. The Morgan fingerprint density at radius 3 is 1.57 bits per heavy atom. The highest BCUT2D eigenvalue weighted by Crippen LogP contribution is 2.36. The summed E-state index contributed by atoms with van der Waals surface area (Å²) in [7, 11) is 0. The molecule has 0 saturated carbocycles. The fourth-order valence-electron chi connectivity index (χ4n) is 3.89. The van der Waals surface area contributed by atoms with Crippen LogP contribution in [0.1, 0.15) is 47.8 Å². The third kappa shape index (κ3) is 5.18. The van der Waals surface area contributed by atoms with Gasteiger partial charge in [-0.15, -0.1) is 0 Å². The van der Waals surface area contributed by atoms with Gasteiger partial charge in [0, 0.05) is 13.1 Å². The van der Waals surface area contributed by atoms with Gasteiger partial charge in [0.25, 0.3) is 0 Å². The Bertz CT molecular complexity index is 1360. The van der Waals surface area contributed by atoms with Gasteiger partial charge in [-0.2, -0.15) is 0 Å². The summed E-state index contributed by atoms with van der Waals surface area (Å²) in [6, 6.07) is 10.8. The molecule has 0 spiro atoms. The Hall–Kier alpha value is -4.54. The van der Waals surface area contributed by atoms with E-state index in [0.717, 1.165) is 12.1 Å². The predicted octanol–water partition coefficient (Wildman–Crippen LogP) is 2.66. The SMILES string of the molecule is NCc1ccc(C(=O)O)cc1-c1cc(CN)c(-c2cc(C(=O)O)ccc2C(=O)O)cc1CC(=O)O. The molecule has 0 aliphatic carbocycles. The number of nitrogens with two attached hydrogens (primary N) is 2. The molecule has 0 aliphatic heterocycles. The van der Waals surface area contributed by atoms with Crippen molar-refractivity contribution < 1.29 is 39.6 Å². The second kappa shape index (κ2) is 10.2. The van der Waals surface area contributed by atoms with Crippen LogP contribution in [0, 0.1) is 0 Å². The van der Waals surface area contributed by atoms with Crippen molar-refractivity contribution in [2.24, 2.45) is 11.5 Å². The first-order valence-corrected chi connectivity index (χ1v) is 10.3. The summed E-state index contributed by atoms with van der Waals surface area (Å²) in [5.41, 5.74) is 13.8. The van der Waals surface area contributed by atoms with Gasteiger partial charge in [0.05, 0.1) is 23.1 Å². The first-order chi connectivity index (χ1) is 16.6. The lowest BCUT2D eigenvalue weighted by Crippen LogP contribution is -2.10. The molecule has 35 heavy (non-hydrogen) atoms. The van der Waals surface area contributed by atoms with Crippen LogP contribution < -0.4 is 11.5 Å². The van der Waals surface area contributed by atoms with E-state index in [0.29, 0.717) is 22.3 Å². The van der Waals surface area contributed by atoms with Gasteiger partial charge >= 0.3 is 23.9 Å². The molecule has 180 valence electrons. The van der Waals surface area contributed by atoms with Crippen LogP contribution >= 0.6 is 0 Å². The van der Waals surface area contributed by atoms with Gasteiger partial charge in [0.2, 0.25) is 0 Å². The van der Waals surface area contributed by atoms with Crippen molar-refractivity contribution in [1.29, 1.82) is 0 Å². The van der Waals surface area contributed by atoms with Crippen molar-refractivity contribution in [3.05, 3.63) is 81.9 Å². The fraction of sp³-hybridized carbons (Fsp3) is 0.120. The quantitative estimate of drug-likeness (QED) is 0.265. The van der Waals surface area contributed by atoms with E-state index in [4.69, 9.17) is 11.5 Å². The Morgan fingerprint density at radius 1 is 0.571 bits per heavy atom. The number of benzene rings is 3. The highest BCUT2D eigenvalue weighted by Gasteiger charge is 2.21. The third-order valence-electron chi connectivity index (χ3n) is 5.54. The topological polar surface area (TPSA) is 201 Å². The molecular weight excluding hydrogens is 456 g/mol. The van der Waals surface area contributed by atoms with E-state index in [1.165, 1.54) is 30.3 Å². The highest BCUT2D eigenvalue weighted by molar-refractivity contribution is 6.00. The van der Waals surface area contributed by atoms with Crippen molar-refractivity contribution in [2.45, 2.75) is 19.5 Å². The summed E-state index contributed by atoms with van der Waals surface area (Å²) in [5, 5.41) is 38.0.